The van der Waals surface area contributed by atoms with Crippen molar-refractivity contribution in [2.24, 2.45) is 0 Å². The molecular weight excluding hydrogens is 256 g/mol. The molecule has 2 rings (SSSR count). The van der Waals surface area contributed by atoms with Gasteiger partial charge in [-0.3, -0.25) is 9.80 Å². The number of hydrogen-bond donors (Lipinski definition) is 0. The summed E-state index contributed by atoms with van der Waals surface area (Å²) >= 11 is 2.20. The maximum absolute atomic E-state index is 5.61. The van der Waals surface area contributed by atoms with Gasteiger partial charge in [-0.2, -0.15) is 11.8 Å². The zero-order valence-electron chi connectivity index (χ0n) is 12.9. The lowest BCUT2D eigenvalue weighted by atomic mass is 10.0. The van der Waals surface area contributed by atoms with Gasteiger partial charge in [0.05, 0.1) is 12.7 Å². The van der Waals surface area contributed by atoms with Crippen LogP contribution in [0.4, 0.5) is 0 Å². The van der Waals surface area contributed by atoms with Gasteiger partial charge in [0, 0.05) is 49.8 Å². The number of ether oxygens (including phenoxy) is 1. The minimum absolute atomic E-state index is 0.413. The fourth-order valence-corrected chi connectivity index (χ4v) is 4.63. The Morgan fingerprint density at radius 2 is 1.89 bits per heavy atom. The molecule has 112 valence electrons. The van der Waals surface area contributed by atoms with E-state index >= 15 is 0 Å². The van der Waals surface area contributed by atoms with Crippen LogP contribution >= 0.6 is 11.8 Å². The molecule has 0 bridgehead atoms. The van der Waals surface area contributed by atoms with Crippen LogP contribution in [0.3, 0.4) is 0 Å². The third-order valence-corrected chi connectivity index (χ3v) is 6.38. The lowest BCUT2D eigenvalue weighted by Gasteiger charge is -2.42. The van der Waals surface area contributed by atoms with E-state index in [4.69, 9.17) is 4.74 Å². The van der Waals surface area contributed by atoms with E-state index < -0.39 is 0 Å². The molecule has 2 saturated heterocycles. The summed E-state index contributed by atoms with van der Waals surface area (Å²) in [6, 6.07) is 0. The highest BCUT2D eigenvalue weighted by Crippen LogP contribution is 2.36. The van der Waals surface area contributed by atoms with E-state index in [9.17, 15) is 0 Å². The van der Waals surface area contributed by atoms with Crippen LogP contribution in [0.15, 0.2) is 0 Å². The molecule has 1 atom stereocenters. The summed E-state index contributed by atoms with van der Waals surface area (Å²) in [5.74, 6) is 1.31. The Balaban J connectivity index is 1.76. The van der Waals surface area contributed by atoms with E-state index in [0.29, 0.717) is 10.9 Å². The Kier molecular flexibility index (Phi) is 6.00. The fourth-order valence-electron chi connectivity index (χ4n) is 3.17. The molecule has 3 nitrogen and oxygen atoms in total. The van der Waals surface area contributed by atoms with E-state index in [1.807, 2.05) is 0 Å². The largest absolute Gasteiger partial charge is 0.376 e. The van der Waals surface area contributed by atoms with Crippen molar-refractivity contribution in [2.75, 3.05) is 51.6 Å². The van der Waals surface area contributed by atoms with Crippen LogP contribution < -0.4 is 0 Å². The van der Waals surface area contributed by atoms with Gasteiger partial charge in [0.15, 0.2) is 0 Å². The third-order valence-electron chi connectivity index (χ3n) is 4.67. The van der Waals surface area contributed by atoms with Crippen molar-refractivity contribution in [3.05, 3.63) is 0 Å². The molecule has 0 aromatic carbocycles. The predicted octanol–water partition coefficient (Wildman–Crippen LogP) is 2.31. The van der Waals surface area contributed by atoms with Crippen molar-refractivity contribution in [1.29, 1.82) is 0 Å². The minimum atomic E-state index is 0.413. The van der Waals surface area contributed by atoms with Crippen molar-refractivity contribution in [1.82, 2.24) is 9.80 Å². The fraction of sp³-hybridized carbons (Fsp3) is 1.00. The van der Waals surface area contributed by atoms with Crippen LogP contribution in [0.25, 0.3) is 0 Å². The van der Waals surface area contributed by atoms with Crippen LogP contribution in [0, 0.1) is 0 Å². The summed E-state index contributed by atoms with van der Waals surface area (Å²) < 4.78 is 6.13. The zero-order chi connectivity index (χ0) is 13.7. The van der Waals surface area contributed by atoms with Gasteiger partial charge in [0.1, 0.15) is 0 Å². The molecule has 19 heavy (non-hydrogen) atoms. The molecule has 2 aliphatic heterocycles. The van der Waals surface area contributed by atoms with Crippen LogP contribution in [0.2, 0.25) is 0 Å². The van der Waals surface area contributed by atoms with Crippen LogP contribution in [-0.2, 0) is 4.74 Å². The molecule has 0 aromatic heterocycles. The lowest BCUT2D eigenvalue weighted by Crippen LogP contribution is -2.50. The molecular formula is C15H30N2OS. The Morgan fingerprint density at radius 1 is 1.16 bits per heavy atom. The van der Waals surface area contributed by atoms with E-state index in [-0.39, 0.29) is 0 Å². The molecule has 0 saturated carbocycles. The van der Waals surface area contributed by atoms with Crippen molar-refractivity contribution in [2.45, 2.75) is 44.5 Å². The third kappa shape index (κ3) is 4.35. The number of rotatable bonds is 5. The highest BCUT2D eigenvalue weighted by atomic mass is 32.2. The number of nitrogens with zero attached hydrogens (tertiary/aromatic N) is 2. The van der Waals surface area contributed by atoms with Gasteiger partial charge in [-0.1, -0.05) is 13.8 Å². The topological polar surface area (TPSA) is 15.7 Å². The first kappa shape index (κ1) is 15.6. The Hall–Kier alpha value is 0.230. The standard InChI is InChI=1S/C15H30N2OS/c1-4-15(5-2)13-17(9-11-19-15)7-6-16-8-10-18-14(3)12-16/h14H,4-13H2,1-3H3/t14-/m1/s1. The van der Waals surface area contributed by atoms with E-state index in [1.165, 1.54) is 44.8 Å². The van der Waals surface area contributed by atoms with Crippen molar-refractivity contribution in [3.63, 3.8) is 0 Å². The van der Waals surface area contributed by atoms with Crippen molar-refractivity contribution in [3.8, 4) is 0 Å². The van der Waals surface area contributed by atoms with Gasteiger partial charge >= 0.3 is 0 Å². The van der Waals surface area contributed by atoms with Crippen molar-refractivity contribution >= 4 is 11.8 Å². The SMILES string of the molecule is CCC1(CC)CN(CCN2CCO[C@H](C)C2)CCS1. The Morgan fingerprint density at radius 3 is 2.58 bits per heavy atom. The van der Waals surface area contributed by atoms with Gasteiger partial charge in [0.25, 0.3) is 0 Å². The van der Waals surface area contributed by atoms with Gasteiger partial charge < -0.3 is 4.74 Å². The second-order valence-electron chi connectivity index (χ2n) is 6.00. The van der Waals surface area contributed by atoms with Gasteiger partial charge in [-0.15, -0.1) is 0 Å². The zero-order valence-corrected chi connectivity index (χ0v) is 13.7. The summed E-state index contributed by atoms with van der Waals surface area (Å²) in [4.78, 5) is 5.25. The first-order chi connectivity index (χ1) is 9.17. The Bertz CT molecular complexity index is 271. The lowest BCUT2D eigenvalue weighted by molar-refractivity contribution is -0.0208. The molecule has 0 unspecified atom stereocenters. The maximum atomic E-state index is 5.61. The maximum Gasteiger partial charge on any atom is 0.0674 e. The molecule has 2 aliphatic rings. The Labute approximate surface area is 123 Å². The monoisotopic (exact) mass is 286 g/mol. The highest BCUT2D eigenvalue weighted by Gasteiger charge is 2.32. The number of thioether (sulfide) groups is 1. The molecule has 0 radical (unpaired) electrons. The van der Waals surface area contributed by atoms with E-state index in [1.54, 1.807) is 0 Å². The van der Waals surface area contributed by atoms with E-state index in [2.05, 4.69) is 42.3 Å². The minimum Gasteiger partial charge on any atom is -0.376 e. The van der Waals surface area contributed by atoms with E-state index in [0.717, 1.165) is 19.7 Å². The molecule has 2 fully saturated rings. The molecule has 0 N–H and O–H groups in total. The van der Waals surface area contributed by atoms with Gasteiger partial charge in [-0.05, 0) is 19.8 Å². The molecule has 2 heterocycles. The second kappa shape index (κ2) is 7.30. The van der Waals surface area contributed by atoms with Gasteiger partial charge in [0.2, 0.25) is 0 Å². The first-order valence-corrected chi connectivity index (χ1v) is 8.86. The molecule has 0 aliphatic carbocycles. The van der Waals surface area contributed by atoms with Gasteiger partial charge in [-0.25, -0.2) is 0 Å². The smallest absolute Gasteiger partial charge is 0.0674 e. The second-order valence-corrected chi connectivity index (χ2v) is 7.56. The predicted molar refractivity (Wildman–Crippen MR) is 84.1 cm³/mol. The summed E-state index contributed by atoms with van der Waals surface area (Å²) in [7, 11) is 0. The molecule has 4 heteroatoms. The van der Waals surface area contributed by atoms with Crippen LogP contribution in [0.1, 0.15) is 33.6 Å². The molecule has 0 spiro atoms. The van der Waals surface area contributed by atoms with Crippen LogP contribution in [0.5, 0.6) is 0 Å². The van der Waals surface area contributed by atoms with Crippen molar-refractivity contribution < 1.29 is 4.74 Å². The summed E-state index contributed by atoms with van der Waals surface area (Å²) in [6.45, 7) is 15.0. The summed E-state index contributed by atoms with van der Waals surface area (Å²) in [5.41, 5.74) is 0. The average molecular weight is 286 g/mol. The summed E-state index contributed by atoms with van der Waals surface area (Å²) in [6.07, 6.45) is 3.02. The number of hydrogen-bond acceptors (Lipinski definition) is 4. The first-order valence-electron chi connectivity index (χ1n) is 7.88. The quantitative estimate of drug-likeness (QED) is 0.770. The average Bonchev–Trinajstić information content (AvgIpc) is 2.45. The van der Waals surface area contributed by atoms with Crippen LogP contribution in [-0.4, -0.2) is 72.3 Å². The number of morpholine rings is 1. The normalized spacial score (nSPS) is 29.5. The molecule has 0 amide bonds. The highest BCUT2D eigenvalue weighted by molar-refractivity contribution is 8.00. The summed E-state index contributed by atoms with van der Waals surface area (Å²) in [5, 5.41) is 0. The molecule has 0 aromatic rings.